The van der Waals surface area contributed by atoms with E-state index in [2.05, 4.69) is 241 Å². The van der Waals surface area contributed by atoms with Gasteiger partial charge in [0, 0.05) is 18.6 Å². The van der Waals surface area contributed by atoms with Gasteiger partial charge in [0.05, 0.1) is 0 Å². The first kappa shape index (κ1) is 47.4. The zero-order chi connectivity index (χ0) is 48.9. The Hall–Kier alpha value is -8.92. The summed E-state index contributed by atoms with van der Waals surface area (Å²) in [4.78, 5) is 14.0. The van der Waals surface area contributed by atoms with Crippen LogP contribution in [-0.4, -0.2) is 15.0 Å². The standard InChI is InChI=1S/C70H46N3.Ir/c1-48-25-40-70(73-47-48)56-38-39-66(67(46-56)53-28-26-50(27-29-53)49-15-3-2-4-16-49)65-22-10-9-21-64(65)59-44-57(62-19-7-5-17-60(62)51-30-34-54(35-31-51)68-23-11-13-41-71-68)43-58(45-59)63-20-8-6-18-61(63)52-32-36-55(37-33-52)69-24-12-14-42-72-69;/h2-34,36,39-47H,1H3;/q-3;+3. The zero-order valence-electron chi connectivity index (χ0n) is 40.5. The van der Waals surface area contributed by atoms with Gasteiger partial charge >= 0.3 is 20.1 Å². The van der Waals surface area contributed by atoms with Gasteiger partial charge in [-0.05, 0) is 110 Å². The average Bonchev–Trinajstić information content (AvgIpc) is 3.48. The molecule has 3 heterocycles. The molecule has 3 nitrogen and oxygen atoms in total. The number of nitrogens with zero attached hydrogens (tertiary/aromatic N) is 3. The quantitative estimate of drug-likeness (QED) is 0.121. The van der Waals surface area contributed by atoms with Gasteiger partial charge in [-0.25, -0.2) is 0 Å². The molecular weight excluding hydrogens is 1080 g/mol. The Bertz CT molecular complexity index is 3710. The van der Waals surface area contributed by atoms with Crippen LogP contribution in [0.5, 0.6) is 0 Å². The summed E-state index contributed by atoms with van der Waals surface area (Å²) in [7, 11) is 0. The van der Waals surface area contributed by atoms with Crippen molar-refractivity contribution in [2.75, 3.05) is 0 Å². The SMILES string of the molecule is Cc1ccc(-c2[c-]cc(-c3ccccc3-c3cc(-c4ccccc4-c4c[c-]c(-c5ccccn5)cc4)cc(-c4ccccc4-c4c[c-]c(-c5ccccn5)cc4)c3)c(-c3ccc(-c4ccccc4)cc3)c2)nc1.[Ir+3]. The Morgan fingerprint density at radius 1 is 0.270 bits per heavy atom. The summed E-state index contributed by atoms with van der Waals surface area (Å²) < 4.78 is 0. The molecular formula is C70H46IrN3. The number of aryl methyl sites for hydroxylation is 1. The minimum atomic E-state index is 0. The third-order valence-corrected chi connectivity index (χ3v) is 13.5. The number of pyridine rings is 3. The number of benzene rings is 9. The van der Waals surface area contributed by atoms with Gasteiger partial charge in [0.25, 0.3) is 0 Å². The minimum Gasteiger partial charge on any atom is -0.305 e. The summed E-state index contributed by atoms with van der Waals surface area (Å²) >= 11 is 0. The molecule has 0 aliphatic carbocycles. The number of hydrogen-bond donors (Lipinski definition) is 0. The van der Waals surface area contributed by atoms with Crippen molar-refractivity contribution < 1.29 is 20.1 Å². The van der Waals surface area contributed by atoms with E-state index >= 15 is 0 Å². The summed E-state index contributed by atoms with van der Waals surface area (Å²) in [6, 6.07) is 96.8. The van der Waals surface area contributed by atoms with Gasteiger partial charge in [-0.15, -0.1) is 83.4 Å². The fourth-order valence-electron chi connectivity index (χ4n) is 9.79. The second-order valence-corrected chi connectivity index (χ2v) is 18.2. The maximum Gasteiger partial charge on any atom is 3.00 e. The van der Waals surface area contributed by atoms with Gasteiger partial charge in [-0.2, -0.15) is 0 Å². The molecule has 4 heteroatoms. The van der Waals surface area contributed by atoms with Gasteiger partial charge in [-0.1, -0.05) is 203 Å². The van der Waals surface area contributed by atoms with E-state index in [1.54, 1.807) is 0 Å². The molecule has 0 unspecified atom stereocenters. The Balaban J connectivity index is 0.00000588. The van der Waals surface area contributed by atoms with Crippen LogP contribution in [-0.2, 0) is 20.1 Å². The number of hydrogen-bond acceptors (Lipinski definition) is 3. The minimum absolute atomic E-state index is 0. The van der Waals surface area contributed by atoms with E-state index < -0.39 is 0 Å². The van der Waals surface area contributed by atoms with Crippen LogP contribution in [0.1, 0.15) is 5.56 Å². The van der Waals surface area contributed by atoms with Crippen molar-refractivity contribution in [2.45, 2.75) is 6.92 Å². The van der Waals surface area contributed by atoms with Crippen LogP contribution in [0, 0.1) is 25.1 Å². The molecule has 12 rings (SSSR count). The van der Waals surface area contributed by atoms with E-state index in [9.17, 15) is 0 Å². The molecule has 0 aliphatic rings. The first-order valence-corrected chi connectivity index (χ1v) is 24.5. The van der Waals surface area contributed by atoms with Crippen molar-refractivity contribution in [3.05, 3.63) is 285 Å². The summed E-state index contributed by atoms with van der Waals surface area (Å²) in [6.45, 7) is 2.07. The topological polar surface area (TPSA) is 38.7 Å². The van der Waals surface area contributed by atoms with Crippen molar-refractivity contribution in [1.82, 2.24) is 15.0 Å². The Morgan fingerprint density at radius 3 is 1.16 bits per heavy atom. The summed E-state index contributed by atoms with van der Waals surface area (Å²) in [5, 5.41) is 0. The normalized spacial score (nSPS) is 10.9. The van der Waals surface area contributed by atoms with Gasteiger partial charge in [-0.3, -0.25) is 0 Å². The van der Waals surface area contributed by atoms with E-state index in [1.807, 2.05) is 55.0 Å². The van der Waals surface area contributed by atoms with E-state index in [-0.39, 0.29) is 20.1 Å². The van der Waals surface area contributed by atoms with Gasteiger partial charge in [0.1, 0.15) is 0 Å². The van der Waals surface area contributed by atoms with Crippen molar-refractivity contribution in [3.8, 4) is 123 Å². The maximum atomic E-state index is 4.83. The molecule has 0 aliphatic heterocycles. The molecule has 0 saturated heterocycles. The van der Waals surface area contributed by atoms with E-state index in [1.165, 1.54) is 11.1 Å². The van der Waals surface area contributed by atoms with Crippen molar-refractivity contribution >= 4 is 0 Å². The molecule has 0 spiro atoms. The average molecular weight is 1120 g/mol. The first-order chi connectivity index (χ1) is 36.1. The largest absolute Gasteiger partial charge is 3.00 e. The Kier molecular flexibility index (Phi) is 13.7. The molecule has 0 atom stereocenters. The van der Waals surface area contributed by atoms with E-state index in [0.29, 0.717) is 0 Å². The first-order valence-electron chi connectivity index (χ1n) is 24.5. The van der Waals surface area contributed by atoms with Crippen LogP contribution >= 0.6 is 0 Å². The maximum absolute atomic E-state index is 4.83. The predicted octanol–water partition coefficient (Wildman–Crippen LogP) is 17.9. The van der Waals surface area contributed by atoms with Crippen LogP contribution in [0.4, 0.5) is 0 Å². The molecule has 9 aromatic carbocycles. The fourth-order valence-corrected chi connectivity index (χ4v) is 9.79. The number of aromatic nitrogens is 3. The van der Waals surface area contributed by atoms with Crippen LogP contribution in [0.15, 0.2) is 261 Å². The van der Waals surface area contributed by atoms with E-state index in [4.69, 9.17) is 4.98 Å². The van der Waals surface area contributed by atoms with Gasteiger partial charge in [0.15, 0.2) is 0 Å². The van der Waals surface area contributed by atoms with E-state index in [0.717, 1.165) is 117 Å². The van der Waals surface area contributed by atoms with Crippen LogP contribution in [0.2, 0.25) is 0 Å². The second-order valence-electron chi connectivity index (χ2n) is 18.2. The van der Waals surface area contributed by atoms with Crippen molar-refractivity contribution in [2.24, 2.45) is 0 Å². The summed E-state index contributed by atoms with van der Waals surface area (Å²) in [5.74, 6) is 0. The van der Waals surface area contributed by atoms with Gasteiger partial charge < -0.3 is 15.0 Å². The molecule has 0 saturated carbocycles. The van der Waals surface area contributed by atoms with Crippen LogP contribution in [0.3, 0.4) is 0 Å². The molecule has 0 bridgehead atoms. The Morgan fingerprint density at radius 2 is 0.689 bits per heavy atom. The monoisotopic (exact) mass is 1120 g/mol. The molecule has 0 N–H and O–H groups in total. The third-order valence-electron chi connectivity index (χ3n) is 13.5. The summed E-state index contributed by atoms with van der Waals surface area (Å²) in [6.07, 6.45) is 5.57. The molecule has 0 fully saturated rings. The third kappa shape index (κ3) is 9.85. The van der Waals surface area contributed by atoms with Crippen LogP contribution < -0.4 is 0 Å². The molecule has 350 valence electrons. The summed E-state index contributed by atoms with van der Waals surface area (Å²) in [5.41, 5.74) is 24.4. The molecule has 0 radical (unpaired) electrons. The van der Waals surface area contributed by atoms with Crippen molar-refractivity contribution in [1.29, 1.82) is 0 Å². The zero-order valence-corrected chi connectivity index (χ0v) is 42.9. The van der Waals surface area contributed by atoms with Gasteiger partial charge in [0.2, 0.25) is 0 Å². The smallest absolute Gasteiger partial charge is 0.305 e. The molecule has 74 heavy (non-hydrogen) atoms. The predicted molar refractivity (Wildman–Crippen MR) is 301 cm³/mol. The second kappa shape index (κ2) is 21.4. The van der Waals surface area contributed by atoms with Crippen molar-refractivity contribution in [3.63, 3.8) is 0 Å². The molecule has 3 aromatic heterocycles. The Labute approximate surface area is 447 Å². The fraction of sp³-hybridized carbons (Fsp3) is 0.0143. The number of rotatable bonds is 11. The van der Waals surface area contributed by atoms with Crippen LogP contribution in [0.25, 0.3) is 123 Å². The molecule has 0 amide bonds. The molecule has 12 aromatic rings.